The molecule has 84 valence electrons. The standard InChI is InChI=1S/C11H12ClN3O/c1-16-10-5-3-2-4-9(10)7-15-11(6-12)13-8-14-15/h2-5,8H,6-7H2,1H3. The first-order valence-corrected chi connectivity index (χ1v) is 5.43. The monoisotopic (exact) mass is 237 g/mol. The van der Waals surface area contributed by atoms with Crippen LogP contribution in [-0.2, 0) is 12.4 Å². The molecular weight excluding hydrogens is 226 g/mol. The molecule has 0 aliphatic rings. The van der Waals surface area contributed by atoms with Gasteiger partial charge in [0, 0.05) is 5.56 Å². The second kappa shape index (κ2) is 4.99. The van der Waals surface area contributed by atoms with Crippen molar-refractivity contribution in [2.45, 2.75) is 12.4 Å². The van der Waals surface area contributed by atoms with Gasteiger partial charge in [-0.25, -0.2) is 9.67 Å². The predicted octanol–water partition coefficient (Wildman–Crippen LogP) is 2.07. The Labute approximate surface area is 98.8 Å². The van der Waals surface area contributed by atoms with Crippen LogP contribution in [0, 0.1) is 0 Å². The summed E-state index contributed by atoms with van der Waals surface area (Å²) in [7, 11) is 1.66. The second-order valence-electron chi connectivity index (χ2n) is 3.28. The van der Waals surface area contributed by atoms with Gasteiger partial charge in [-0.3, -0.25) is 0 Å². The molecule has 1 aromatic carbocycles. The normalized spacial score (nSPS) is 10.4. The van der Waals surface area contributed by atoms with Crippen molar-refractivity contribution in [1.82, 2.24) is 14.8 Å². The lowest BCUT2D eigenvalue weighted by atomic mass is 10.2. The maximum Gasteiger partial charge on any atom is 0.142 e. The number of nitrogens with zero attached hydrogens (tertiary/aromatic N) is 3. The van der Waals surface area contributed by atoms with Gasteiger partial charge in [0.25, 0.3) is 0 Å². The smallest absolute Gasteiger partial charge is 0.142 e. The van der Waals surface area contributed by atoms with Crippen LogP contribution in [0.2, 0.25) is 0 Å². The van der Waals surface area contributed by atoms with Crippen LogP contribution in [0.15, 0.2) is 30.6 Å². The van der Waals surface area contributed by atoms with Crippen molar-refractivity contribution in [3.63, 3.8) is 0 Å². The van der Waals surface area contributed by atoms with Crippen LogP contribution in [-0.4, -0.2) is 21.9 Å². The van der Waals surface area contributed by atoms with E-state index in [0.717, 1.165) is 17.1 Å². The Morgan fingerprint density at radius 1 is 1.38 bits per heavy atom. The number of methoxy groups -OCH3 is 1. The zero-order valence-electron chi connectivity index (χ0n) is 8.93. The maximum absolute atomic E-state index is 5.76. The molecule has 2 aromatic rings. The van der Waals surface area contributed by atoms with E-state index in [1.807, 2.05) is 24.3 Å². The summed E-state index contributed by atoms with van der Waals surface area (Å²) in [6.07, 6.45) is 1.51. The number of alkyl halides is 1. The van der Waals surface area contributed by atoms with E-state index >= 15 is 0 Å². The molecule has 0 atom stereocenters. The third-order valence-corrected chi connectivity index (χ3v) is 2.57. The number of ether oxygens (including phenoxy) is 1. The zero-order valence-corrected chi connectivity index (χ0v) is 9.68. The number of benzene rings is 1. The van der Waals surface area contributed by atoms with Gasteiger partial charge in [0.15, 0.2) is 0 Å². The van der Waals surface area contributed by atoms with Gasteiger partial charge in [0.2, 0.25) is 0 Å². The highest BCUT2D eigenvalue weighted by Crippen LogP contribution is 2.18. The topological polar surface area (TPSA) is 39.9 Å². The van der Waals surface area contributed by atoms with E-state index in [1.54, 1.807) is 11.8 Å². The van der Waals surface area contributed by atoms with Gasteiger partial charge in [0.1, 0.15) is 17.9 Å². The maximum atomic E-state index is 5.76. The highest BCUT2D eigenvalue weighted by molar-refractivity contribution is 6.16. The Morgan fingerprint density at radius 3 is 2.94 bits per heavy atom. The molecule has 4 nitrogen and oxygen atoms in total. The van der Waals surface area contributed by atoms with E-state index in [2.05, 4.69) is 10.1 Å². The zero-order chi connectivity index (χ0) is 11.4. The molecule has 0 N–H and O–H groups in total. The SMILES string of the molecule is COc1ccccc1Cn1ncnc1CCl. The molecule has 1 heterocycles. The van der Waals surface area contributed by atoms with Gasteiger partial charge >= 0.3 is 0 Å². The first kappa shape index (κ1) is 11.0. The van der Waals surface area contributed by atoms with Gasteiger partial charge in [-0.1, -0.05) is 18.2 Å². The van der Waals surface area contributed by atoms with Gasteiger partial charge in [-0.2, -0.15) is 5.10 Å². The average molecular weight is 238 g/mol. The van der Waals surface area contributed by atoms with Crippen molar-refractivity contribution < 1.29 is 4.74 Å². The minimum Gasteiger partial charge on any atom is -0.496 e. The fraction of sp³-hybridized carbons (Fsp3) is 0.273. The van der Waals surface area contributed by atoms with E-state index in [0.29, 0.717) is 12.4 Å². The number of rotatable bonds is 4. The predicted molar refractivity (Wildman–Crippen MR) is 61.7 cm³/mol. The molecule has 2 rings (SSSR count). The fourth-order valence-corrected chi connectivity index (χ4v) is 1.73. The highest BCUT2D eigenvalue weighted by Gasteiger charge is 2.06. The minimum absolute atomic E-state index is 0.356. The molecule has 0 saturated carbocycles. The van der Waals surface area contributed by atoms with Crippen molar-refractivity contribution in [2.24, 2.45) is 0 Å². The lowest BCUT2D eigenvalue weighted by Gasteiger charge is -2.08. The van der Waals surface area contributed by atoms with Crippen molar-refractivity contribution >= 4 is 11.6 Å². The highest BCUT2D eigenvalue weighted by atomic mass is 35.5. The number of para-hydroxylation sites is 1. The minimum atomic E-state index is 0.356. The number of hydrogen-bond acceptors (Lipinski definition) is 3. The summed E-state index contributed by atoms with van der Waals surface area (Å²) >= 11 is 5.76. The lowest BCUT2D eigenvalue weighted by molar-refractivity contribution is 0.407. The molecule has 0 unspecified atom stereocenters. The van der Waals surface area contributed by atoms with E-state index in [-0.39, 0.29) is 0 Å². The van der Waals surface area contributed by atoms with E-state index in [1.165, 1.54) is 6.33 Å². The quantitative estimate of drug-likeness (QED) is 0.765. The van der Waals surface area contributed by atoms with Crippen molar-refractivity contribution in [2.75, 3.05) is 7.11 Å². The summed E-state index contributed by atoms with van der Waals surface area (Å²) in [4.78, 5) is 4.07. The summed E-state index contributed by atoms with van der Waals surface area (Å²) in [5.41, 5.74) is 1.06. The van der Waals surface area contributed by atoms with Crippen LogP contribution >= 0.6 is 11.6 Å². The third-order valence-electron chi connectivity index (χ3n) is 2.33. The van der Waals surface area contributed by atoms with Crippen LogP contribution in [0.1, 0.15) is 11.4 Å². The summed E-state index contributed by atoms with van der Waals surface area (Å²) < 4.78 is 7.04. The van der Waals surface area contributed by atoms with Gasteiger partial charge in [-0.05, 0) is 6.07 Å². The van der Waals surface area contributed by atoms with Crippen molar-refractivity contribution in [3.05, 3.63) is 42.0 Å². The summed E-state index contributed by atoms with van der Waals surface area (Å²) in [6, 6.07) is 7.83. The molecule has 0 bridgehead atoms. The molecule has 0 spiro atoms. The second-order valence-corrected chi connectivity index (χ2v) is 3.55. The Morgan fingerprint density at radius 2 is 2.19 bits per heavy atom. The summed E-state index contributed by atoms with van der Waals surface area (Å²) in [5.74, 6) is 1.96. The Hall–Kier alpha value is -1.55. The van der Waals surface area contributed by atoms with Crippen LogP contribution < -0.4 is 4.74 Å². The van der Waals surface area contributed by atoms with Crippen LogP contribution in [0.3, 0.4) is 0 Å². The third kappa shape index (κ3) is 2.17. The largest absolute Gasteiger partial charge is 0.496 e. The van der Waals surface area contributed by atoms with Crippen molar-refractivity contribution in [3.8, 4) is 5.75 Å². The molecule has 0 saturated heterocycles. The lowest BCUT2D eigenvalue weighted by Crippen LogP contribution is -2.06. The molecule has 0 amide bonds. The Bertz CT molecular complexity index is 470. The molecule has 5 heteroatoms. The molecule has 1 aromatic heterocycles. The van der Waals surface area contributed by atoms with E-state index < -0.39 is 0 Å². The first-order valence-electron chi connectivity index (χ1n) is 4.89. The molecule has 0 aliphatic carbocycles. The number of halogens is 1. The molecule has 0 radical (unpaired) electrons. The van der Waals surface area contributed by atoms with Crippen molar-refractivity contribution in [1.29, 1.82) is 0 Å². The van der Waals surface area contributed by atoms with Crippen LogP contribution in [0.25, 0.3) is 0 Å². The molecule has 0 aliphatic heterocycles. The van der Waals surface area contributed by atoms with E-state index in [9.17, 15) is 0 Å². The number of hydrogen-bond donors (Lipinski definition) is 0. The molecule has 16 heavy (non-hydrogen) atoms. The van der Waals surface area contributed by atoms with Crippen LogP contribution in [0.5, 0.6) is 5.75 Å². The molecular formula is C11H12ClN3O. The molecule has 0 fully saturated rings. The number of aromatic nitrogens is 3. The van der Waals surface area contributed by atoms with E-state index in [4.69, 9.17) is 16.3 Å². The fourth-order valence-electron chi connectivity index (χ4n) is 1.52. The van der Waals surface area contributed by atoms with Crippen LogP contribution in [0.4, 0.5) is 0 Å². The summed E-state index contributed by atoms with van der Waals surface area (Å²) in [6.45, 7) is 0.617. The summed E-state index contributed by atoms with van der Waals surface area (Å²) in [5, 5.41) is 4.12. The Balaban J connectivity index is 2.26. The van der Waals surface area contributed by atoms with Gasteiger partial charge < -0.3 is 4.74 Å². The average Bonchev–Trinajstić information content (AvgIpc) is 2.77. The van der Waals surface area contributed by atoms with Gasteiger partial charge in [-0.15, -0.1) is 11.6 Å². The van der Waals surface area contributed by atoms with Gasteiger partial charge in [0.05, 0.1) is 19.5 Å². The Kier molecular flexibility index (Phi) is 3.41. The first-order chi connectivity index (χ1) is 7.85.